The third kappa shape index (κ3) is 4.30. The Morgan fingerprint density at radius 3 is 2.84 bits per heavy atom. The topological polar surface area (TPSA) is 48.8 Å². The Bertz CT molecular complexity index is 675. The van der Waals surface area contributed by atoms with Crippen molar-refractivity contribution in [3.8, 4) is 0 Å². The summed E-state index contributed by atoms with van der Waals surface area (Å²) in [6, 6.07) is 12.7. The molecule has 25 heavy (non-hydrogen) atoms. The number of nitrogens with zero attached hydrogens (tertiary/aromatic N) is 3. The summed E-state index contributed by atoms with van der Waals surface area (Å²) in [5.74, 6) is 1.25. The minimum absolute atomic E-state index is 0.228. The van der Waals surface area contributed by atoms with Crippen LogP contribution in [0.1, 0.15) is 11.1 Å². The largest absolute Gasteiger partial charge is 0.396 e. The van der Waals surface area contributed by atoms with Crippen LogP contribution >= 0.6 is 0 Å². The van der Waals surface area contributed by atoms with E-state index in [9.17, 15) is 5.11 Å². The molecule has 0 spiro atoms. The predicted molar refractivity (Wildman–Crippen MR) is 101 cm³/mol. The molecule has 3 rings (SSSR count). The Morgan fingerprint density at radius 2 is 2.12 bits per heavy atom. The lowest BCUT2D eigenvalue weighted by Gasteiger charge is -2.35. The fourth-order valence-electron chi connectivity index (χ4n) is 3.35. The Balaban J connectivity index is 1.71. The normalized spacial score (nSPS) is 16.6. The number of benzene rings is 1. The van der Waals surface area contributed by atoms with Gasteiger partial charge in [0.1, 0.15) is 5.82 Å². The standard InChI is InChI=1S/C20H27N3O2/c1-22(9-10-25-2)20-8-7-16(12-21-20)13-23-14-17(15-24)11-18-5-3-4-6-19(18)23/h3-8,12,17,24H,9-11,13-15H2,1-2H3. The Kier molecular flexibility index (Phi) is 5.89. The van der Waals surface area contributed by atoms with E-state index in [1.807, 2.05) is 13.2 Å². The lowest BCUT2D eigenvalue weighted by molar-refractivity contribution is 0.206. The van der Waals surface area contributed by atoms with E-state index >= 15 is 0 Å². The SMILES string of the molecule is COCCN(C)c1ccc(CN2CC(CO)Cc3ccccc32)cn1. The van der Waals surface area contributed by atoms with Crippen molar-refractivity contribution in [3.05, 3.63) is 53.7 Å². The monoisotopic (exact) mass is 341 g/mol. The molecule has 5 heteroatoms. The quantitative estimate of drug-likeness (QED) is 0.838. The first-order chi connectivity index (χ1) is 12.2. The first kappa shape index (κ1) is 17.7. The highest BCUT2D eigenvalue weighted by molar-refractivity contribution is 5.56. The molecule has 0 bridgehead atoms. The predicted octanol–water partition coefficient (Wildman–Crippen LogP) is 2.34. The van der Waals surface area contributed by atoms with Gasteiger partial charge in [0.25, 0.3) is 0 Å². The number of methoxy groups -OCH3 is 1. The van der Waals surface area contributed by atoms with Crippen LogP contribution in [0.25, 0.3) is 0 Å². The molecule has 0 radical (unpaired) electrons. The number of fused-ring (bicyclic) bond motifs is 1. The zero-order valence-electron chi connectivity index (χ0n) is 15.1. The minimum Gasteiger partial charge on any atom is -0.396 e. The molecule has 1 aliphatic heterocycles. The number of aliphatic hydroxyl groups is 1. The minimum atomic E-state index is 0.228. The second kappa shape index (κ2) is 8.32. The van der Waals surface area contributed by atoms with Gasteiger partial charge in [0.05, 0.1) is 6.61 Å². The van der Waals surface area contributed by atoms with Crippen LogP contribution in [-0.4, -0.2) is 50.6 Å². The molecular formula is C20H27N3O2. The Hall–Kier alpha value is -2.11. The number of pyridine rings is 1. The number of aliphatic hydroxyl groups excluding tert-OH is 1. The average Bonchev–Trinajstić information content (AvgIpc) is 2.66. The lowest BCUT2D eigenvalue weighted by Crippen LogP contribution is -2.36. The van der Waals surface area contributed by atoms with Crippen molar-refractivity contribution in [3.63, 3.8) is 0 Å². The highest BCUT2D eigenvalue weighted by atomic mass is 16.5. The van der Waals surface area contributed by atoms with Crippen LogP contribution < -0.4 is 9.80 Å². The zero-order chi connectivity index (χ0) is 17.6. The van der Waals surface area contributed by atoms with Crippen LogP contribution in [0.3, 0.4) is 0 Å². The second-order valence-corrected chi connectivity index (χ2v) is 6.70. The fourth-order valence-corrected chi connectivity index (χ4v) is 3.35. The van der Waals surface area contributed by atoms with Crippen molar-refractivity contribution >= 4 is 11.5 Å². The molecule has 2 aromatic rings. The van der Waals surface area contributed by atoms with E-state index in [4.69, 9.17) is 4.74 Å². The van der Waals surface area contributed by atoms with Gasteiger partial charge in [-0.25, -0.2) is 4.98 Å². The van der Waals surface area contributed by atoms with E-state index in [0.29, 0.717) is 12.5 Å². The molecule has 134 valence electrons. The summed E-state index contributed by atoms with van der Waals surface area (Å²) in [5, 5.41) is 9.61. The first-order valence-corrected chi connectivity index (χ1v) is 8.80. The van der Waals surface area contributed by atoms with Gasteiger partial charge in [-0.15, -0.1) is 0 Å². The molecule has 1 atom stereocenters. The first-order valence-electron chi connectivity index (χ1n) is 8.80. The van der Waals surface area contributed by atoms with Gasteiger partial charge in [-0.2, -0.15) is 0 Å². The molecular weight excluding hydrogens is 314 g/mol. The van der Waals surface area contributed by atoms with Gasteiger partial charge in [-0.05, 0) is 29.7 Å². The molecule has 2 heterocycles. The van der Waals surface area contributed by atoms with Crippen molar-refractivity contribution in [2.45, 2.75) is 13.0 Å². The number of hydrogen-bond donors (Lipinski definition) is 1. The summed E-state index contributed by atoms with van der Waals surface area (Å²) in [5.41, 5.74) is 3.77. The maximum Gasteiger partial charge on any atom is 0.128 e. The van der Waals surface area contributed by atoms with Crippen molar-refractivity contribution in [2.24, 2.45) is 5.92 Å². The molecule has 0 saturated carbocycles. The van der Waals surface area contributed by atoms with Gasteiger partial charge >= 0.3 is 0 Å². The number of rotatable bonds is 7. The van der Waals surface area contributed by atoms with E-state index in [2.05, 4.69) is 51.2 Å². The van der Waals surface area contributed by atoms with Crippen LogP contribution in [-0.2, 0) is 17.7 Å². The summed E-state index contributed by atoms with van der Waals surface area (Å²) in [6.45, 7) is 3.42. The van der Waals surface area contributed by atoms with Crippen LogP contribution in [0.5, 0.6) is 0 Å². The highest BCUT2D eigenvalue weighted by Gasteiger charge is 2.23. The number of para-hydroxylation sites is 1. The van der Waals surface area contributed by atoms with E-state index < -0.39 is 0 Å². The van der Waals surface area contributed by atoms with E-state index in [1.165, 1.54) is 16.8 Å². The molecule has 0 saturated heterocycles. The number of aromatic nitrogens is 1. The van der Waals surface area contributed by atoms with Gasteiger partial charge in [-0.3, -0.25) is 0 Å². The fraction of sp³-hybridized carbons (Fsp3) is 0.450. The molecule has 1 N–H and O–H groups in total. The molecule has 0 fully saturated rings. The van der Waals surface area contributed by atoms with Crippen molar-refractivity contribution in [1.29, 1.82) is 0 Å². The van der Waals surface area contributed by atoms with Gasteiger partial charge in [0.2, 0.25) is 0 Å². The van der Waals surface area contributed by atoms with E-state index in [0.717, 1.165) is 31.9 Å². The summed E-state index contributed by atoms with van der Waals surface area (Å²) in [4.78, 5) is 9.03. The Morgan fingerprint density at radius 1 is 1.28 bits per heavy atom. The average molecular weight is 341 g/mol. The van der Waals surface area contributed by atoms with Crippen molar-refractivity contribution < 1.29 is 9.84 Å². The number of ether oxygens (including phenoxy) is 1. The van der Waals surface area contributed by atoms with Crippen molar-refractivity contribution in [2.75, 3.05) is 50.3 Å². The number of likely N-dealkylation sites (N-methyl/N-ethyl adjacent to an activating group) is 1. The van der Waals surface area contributed by atoms with Gasteiger partial charge in [-0.1, -0.05) is 24.3 Å². The molecule has 5 nitrogen and oxygen atoms in total. The van der Waals surface area contributed by atoms with Gasteiger partial charge < -0.3 is 19.6 Å². The summed E-state index contributed by atoms with van der Waals surface area (Å²) < 4.78 is 5.12. The highest BCUT2D eigenvalue weighted by Crippen LogP contribution is 2.30. The van der Waals surface area contributed by atoms with Gasteiger partial charge in [0.15, 0.2) is 0 Å². The van der Waals surface area contributed by atoms with Crippen molar-refractivity contribution in [1.82, 2.24) is 4.98 Å². The van der Waals surface area contributed by atoms with E-state index in [1.54, 1.807) is 7.11 Å². The zero-order valence-corrected chi connectivity index (χ0v) is 15.1. The van der Waals surface area contributed by atoms with Crippen LogP contribution in [0.4, 0.5) is 11.5 Å². The summed E-state index contributed by atoms with van der Waals surface area (Å²) in [6.07, 6.45) is 2.90. The second-order valence-electron chi connectivity index (χ2n) is 6.70. The number of hydrogen-bond acceptors (Lipinski definition) is 5. The smallest absolute Gasteiger partial charge is 0.128 e. The van der Waals surface area contributed by atoms with Crippen LogP contribution in [0.2, 0.25) is 0 Å². The maximum atomic E-state index is 9.61. The third-order valence-corrected chi connectivity index (χ3v) is 4.78. The maximum absolute atomic E-state index is 9.61. The summed E-state index contributed by atoms with van der Waals surface area (Å²) >= 11 is 0. The molecule has 1 aliphatic rings. The molecule has 1 unspecified atom stereocenters. The molecule has 1 aromatic carbocycles. The van der Waals surface area contributed by atoms with Crippen LogP contribution in [0, 0.1) is 5.92 Å². The molecule has 0 amide bonds. The Labute approximate surface area is 149 Å². The lowest BCUT2D eigenvalue weighted by atomic mass is 9.93. The third-order valence-electron chi connectivity index (χ3n) is 4.78. The molecule has 1 aromatic heterocycles. The van der Waals surface area contributed by atoms with Gasteiger partial charge in [0, 0.05) is 58.2 Å². The van der Waals surface area contributed by atoms with Crippen LogP contribution in [0.15, 0.2) is 42.6 Å². The van der Waals surface area contributed by atoms with E-state index in [-0.39, 0.29) is 6.61 Å². The number of anilines is 2. The molecule has 0 aliphatic carbocycles. The summed E-state index contributed by atoms with van der Waals surface area (Å²) in [7, 11) is 3.73.